The summed E-state index contributed by atoms with van der Waals surface area (Å²) >= 11 is 1.60. The summed E-state index contributed by atoms with van der Waals surface area (Å²) in [6.07, 6.45) is 2.25. The number of nitrogens with one attached hydrogen (secondary N) is 1. The molecule has 1 aromatic heterocycles. The molecule has 1 N–H and O–H groups in total. The van der Waals surface area contributed by atoms with Gasteiger partial charge in [0.25, 0.3) is 0 Å². The van der Waals surface area contributed by atoms with Crippen LogP contribution < -0.4 is 5.32 Å². The van der Waals surface area contributed by atoms with Gasteiger partial charge in [0, 0.05) is 17.7 Å². The van der Waals surface area contributed by atoms with Gasteiger partial charge in [-0.25, -0.2) is 8.42 Å². The van der Waals surface area contributed by atoms with Gasteiger partial charge in [-0.3, -0.25) is 10.1 Å². The van der Waals surface area contributed by atoms with Crippen LogP contribution in [0.25, 0.3) is 0 Å². The number of hydrogen-bond acceptors (Lipinski definition) is 5. The Hall–Kier alpha value is -0.920. The molecular weight excluding hydrogens is 308 g/mol. The van der Waals surface area contributed by atoms with Crippen LogP contribution >= 0.6 is 11.3 Å². The fourth-order valence-corrected chi connectivity index (χ4v) is 3.97. The molecule has 1 saturated heterocycles. The van der Waals surface area contributed by atoms with Crippen molar-refractivity contribution >= 4 is 27.1 Å². The average molecular weight is 330 g/mol. The number of carbonyl (C=O) groups is 1. The molecule has 21 heavy (non-hydrogen) atoms. The van der Waals surface area contributed by atoms with Crippen molar-refractivity contribution in [1.29, 1.82) is 0 Å². The Balaban J connectivity index is 2.16. The lowest BCUT2D eigenvalue weighted by molar-refractivity contribution is -0.133. The number of thiophene rings is 1. The molecule has 2 atom stereocenters. The van der Waals surface area contributed by atoms with E-state index in [9.17, 15) is 13.2 Å². The fraction of sp³-hybridized carbons (Fsp3) is 0.643. The molecular formula is C14H22N2O3S2. The minimum Gasteiger partial charge on any atom is -0.320 e. The zero-order valence-corrected chi connectivity index (χ0v) is 14.3. The topological polar surface area (TPSA) is 66.5 Å². The third-order valence-electron chi connectivity index (χ3n) is 3.93. The quantitative estimate of drug-likeness (QED) is 0.863. The van der Waals surface area contributed by atoms with Gasteiger partial charge < -0.3 is 4.90 Å². The van der Waals surface area contributed by atoms with Crippen LogP contribution in [0.15, 0.2) is 17.5 Å². The summed E-state index contributed by atoms with van der Waals surface area (Å²) in [5, 5.41) is 5.39. The highest BCUT2D eigenvalue weighted by Crippen LogP contribution is 2.34. The molecule has 2 unspecified atom stereocenters. The molecule has 0 bridgehead atoms. The molecule has 0 saturated carbocycles. The van der Waals surface area contributed by atoms with E-state index in [1.807, 2.05) is 31.4 Å². The smallest absolute Gasteiger partial charge is 0.244 e. The highest BCUT2D eigenvalue weighted by atomic mass is 32.2. The number of nitrogens with zero attached hydrogens (tertiary/aromatic N) is 1. The number of hydrogen-bond donors (Lipinski definition) is 1. The van der Waals surface area contributed by atoms with E-state index in [1.165, 1.54) is 6.26 Å². The van der Waals surface area contributed by atoms with E-state index in [-0.39, 0.29) is 17.8 Å². The van der Waals surface area contributed by atoms with Crippen LogP contribution in [0, 0.1) is 0 Å². The van der Waals surface area contributed by atoms with Crippen molar-refractivity contribution in [3.05, 3.63) is 22.4 Å². The molecule has 1 aliphatic heterocycles. The molecule has 0 aliphatic carbocycles. The molecule has 1 amide bonds. The van der Waals surface area contributed by atoms with E-state index in [0.717, 1.165) is 4.88 Å². The van der Waals surface area contributed by atoms with Crippen molar-refractivity contribution in [2.24, 2.45) is 0 Å². The zero-order chi connectivity index (χ0) is 15.7. The average Bonchev–Trinajstić information content (AvgIpc) is 3.00. The van der Waals surface area contributed by atoms with Crippen molar-refractivity contribution in [2.75, 3.05) is 18.6 Å². The van der Waals surface area contributed by atoms with E-state index in [2.05, 4.69) is 5.32 Å². The first-order valence-corrected chi connectivity index (χ1v) is 10.0. The van der Waals surface area contributed by atoms with Gasteiger partial charge in [0.1, 0.15) is 16.0 Å². The number of carbonyl (C=O) groups excluding carboxylic acids is 1. The van der Waals surface area contributed by atoms with Gasteiger partial charge in [0.05, 0.1) is 11.3 Å². The summed E-state index contributed by atoms with van der Waals surface area (Å²) in [6, 6.07) is 3.96. The molecule has 1 aliphatic rings. The van der Waals surface area contributed by atoms with Crippen LogP contribution in [0.1, 0.15) is 37.7 Å². The van der Waals surface area contributed by atoms with Crippen LogP contribution in [-0.4, -0.2) is 43.3 Å². The van der Waals surface area contributed by atoms with Crippen LogP contribution in [-0.2, 0) is 14.6 Å². The normalized spacial score (nSPS) is 26.5. The van der Waals surface area contributed by atoms with Crippen LogP contribution in [0.5, 0.6) is 0 Å². The molecule has 7 heteroatoms. The Bertz CT molecular complexity index is 598. The zero-order valence-electron chi connectivity index (χ0n) is 12.6. The first-order valence-electron chi connectivity index (χ1n) is 7.07. The Morgan fingerprint density at radius 3 is 2.71 bits per heavy atom. The molecule has 1 fully saturated rings. The van der Waals surface area contributed by atoms with Gasteiger partial charge in [0.15, 0.2) is 0 Å². The van der Waals surface area contributed by atoms with Crippen molar-refractivity contribution in [3.63, 3.8) is 0 Å². The lowest BCUT2D eigenvalue weighted by Gasteiger charge is -2.23. The van der Waals surface area contributed by atoms with E-state index < -0.39 is 15.4 Å². The van der Waals surface area contributed by atoms with Crippen LogP contribution in [0.2, 0.25) is 0 Å². The molecule has 118 valence electrons. The minimum atomic E-state index is -2.99. The van der Waals surface area contributed by atoms with Crippen molar-refractivity contribution < 1.29 is 13.2 Å². The van der Waals surface area contributed by atoms with E-state index in [4.69, 9.17) is 0 Å². The predicted molar refractivity (Wildman–Crippen MR) is 84.9 cm³/mol. The monoisotopic (exact) mass is 330 g/mol. The SMILES string of the molecule is CCC1(C)NC(c2cccs2)N(CCCS(C)(=O)=O)C1=O. The fourth-order valence-electron chi connectivity index (χ4n) is 2.53. The maximum absolute atomic E-state index is 12.6. The molecule has 0 spiro atoms. The number of amides is 1. The van der Waals surface area contributed by atoms with Gasteiger partial charge in [-0.2, -0.15) is 0 Å². The second-order valence-electron chi connectivity index (χ2n) is 5.73. The highest BCUT2D eigenvalue weighted by molar-refractivity contribution is 7.90. The van der Waals surface area contributed by atoms with E-state index >= 15 is 0 Å². The second kappa shape index (κ2) is 6.06. The van der Waals surface area contributed by atoms with Crippen molar-refractivity contribution in [2.45, 2.75) is 38.4 Å². The lowest BCUT2D eigenvalue weighted by Crippen LogP contribution is -2.43. The van der Waals surface area contributed by atoms with E-state index in [1.54, 1.807) is 16.2 Å². The van der Waals surface area contributed by atoms with Gasteiger partial charge in [-0.15, -0.1) is 11.3 Å². The largest absolute Gasteiger partial charge is 0.320 e. The molecule has 5 nitrogen and oxygen atoms in total. The first kappa shape index (κ1) is 16.5. The summed E-state index contributed by atoms with van der Waals surface area (Å²) < 4.78 is 22.5. The Kier molecular flexibility index (Phi) is 4.75. The van der Waals surface area contributed by atoms with Gasteiger partial charge in [-0.1, -0.05) is 13.0 Å². The first-order chi connectivity index (χ1) is 9.77. The highest BCUT2D eigenvalue weighted by Gasteiger charge is 2.47. The second-order valence-corrected chi connectivity index (χ2v) is 8.97. The molecule has 2 heterocycles. The molecule has 2 rings (SSSR count). The summed E-state index contributed by atoms with van der Waals surface area (Å²) in [5.74, 6) is 0.161. The van der Waals surface area contributed by atoms with Crippen molar-refractivity contribution in [1.82, 2.24) is 10.2 Å². The standard InChI is InChI=1S/C14H22N2O3S2/c1-4-14(2)13(17)16(8-6-10-21(3,18)19)12(15-14)11-7-5-9-20-11/h5,7,9,12,15H,4,6,8,10H2,1-3H3. The number of rotatable bonds is 6. The Labute approximate surface area is 130 Å². The predicted octanol–water partition coefficient (Wildman–Crippen LogP) is 1.78. The van der Waals surface area contributed by atoms with Gasteiger partial charge in [-0.05, 0) is 31.2 Å². The summed E-state index contributed by atoms with van der Waals surface area (Å²) in [6.45, 7) is 4.35. The molecule has 0 radical (unpaired) electrons. The summed E-state index contributed by atoms with van der Waals surface area (Å²) in [5.41, 5.74) is -0.570. The lowest BCUT2D eigenvalue weighted by atomic mass is 9.99. The van der Waals surface area contributed by atoms with Crippen molar-refractivity contribution in [3.8, 4) is 0 Å². The van der Waals surface area contributed by atoms with Gasteiger partial charge >= 0.3 is 0 Å². The maximum Gasteiger partial charge on any atom is 0.244 e. The van der Waals surface area contributed by atoms with E-state index in [0.29, 0.717) is 19.4 Å². The third-order valence-corrected chi connectivity index (χ3v) is 5.89. The summed E-state index contributed by atoms with van der Waals surface area (Å²) in [7, 11) is -2.99. The summed E-state index contributed by atoms with van der Waals surface area (Å²) in [4.78, 5) is 15.5. The van der Waals surface area contributed by atoms with Crippen LogP contribution in [0.3, 0.4) is 0 Å². The van der Waals surface area contributed by atoms with Gasteiger partial charge in [0.2, 0.25) is 5.91 Å². The van der Waals surface area contributed by atoms with Crippen LogP contribution in [0.4, 0.5) is 0 Å². The minimum absolute atomic E-state index is 0.0527. The molecule has 1 aromatic rings. The molecule has 0 aromatic carbocycles. The number of sulfone groups is 1. The Morgan fingerprint density at radius 1 is 1.48 bits per heavy atom. The third kappa shape index (κ3) is 3.64. The maximum atomic E-state index is 12.6. The Morgan fingerprint density at radius 2 is 2.19 bits per heavy atom.